The van der Waals surface area contributed by atoms with E-state index in [0.29, 0.717) is 24.4 Å². The third-order valence-electron chi connectivity index (χ3n) is 5.09. The lowest BCUT2D eigenvalue weighted by atomic mass is 9.75. The number of aliphatic carboxylic acids is 1. The fourth-order valence-corrected chi connectivity index (χ4v) is 4.07. The average Bonchev–Trinajstić information content (AvgIpc) is 3.10. The van der Waals surface area contributed by atoms with Gasteiger partial charge in [-0.1, -0.05) is 23.7 Å². The number of nitrogens with one attached hydrogen (secondary N) is 1. The number of aromatic amines is 1. The van der Waals surface area contributed by atoms with Gasteiger partial charge in [-0.05, 0) is 43.0 Å². The number of nitrogens with zero attached hydrogens (tertiary/aromatic N) is 3. The summed E-state index contributed by atoms with van der Waals surface area (Å²) in [6, 6.07) is 9.38. The Morgan fingerprint density at radius 3 is 3.04 bits per heavy atom. The highest BCUT2D eigenvalue weighted by atomic mass is 35.5. The average molecular weight is 371 g/mol. The summed E-state index contributed by atoms with van der Waals surface area (Å²) in [5.74, 6) is 0.00853. The lowest BCUT2D eigenvalue weighted by Crippen LogP contribution is -2.49. The van der Waals surface area contributed by atoms with Gasteiger partial charge in [-0.3, -0.25) is 4.79 Å². The van der Waals surface area contributed by atoms with Gasteiger partial charge >= 0.3 is 5.97 Å². The van der Waals surface area contributed by atoms with Crippen LogP contribution in [0.15, 0.2) is 42.9 Å². The Balaban J connectivity index is 1.68. The lowest BCUT2D eigenvalue weighted by molar-refractivity contribution is -0.149. The van der Waals surface area contributed by atoms with Gasteiger partial charge in [0.1, 0.15) is 17.8 Å². The predicted molar refractivity (Wildman–Crippen MR) is 101 cm³/mol. The molecule has 4 rings (SSSR count). The quantitative estimate of drug-likeness (QED) is 0.734. The molecule has 26 heavy (non-hydrogen) atoms. The molecule has 7 heteroatoms. The van der Waals surface area contributed by atoms with Crippen LogP contribution in [0, 0.1) is 5.41 Å². The van der Waals surface area contributed by atoms with Gasteiger partial charge in [-0.25, -0.2) is 9.97 Å². The maximum atomic E-state index is 12.3. The molecule has 1 aliphatic heterocycles. The van der Waals surface area contributed by atoms with Crippen LogP contribution in [0.1, 0.15) is 18.4 Å². The molecule has 0 radical (unpaired) electrons. The van der Waals surface area contributed by atoms with Crippen LogP contribution in [0.2, 0.25) is 5.02 Å². The zero-order valence-electron chi connectivity index (χ0n) is 14.2. The van der Waals surface area contributed by atoms with E-state index < -0.39 is 11.4 Å². The highest BCUT2D eigenvalue weighted by molar-refractivity contribution is 6.30. The molecule has 2 N–H and O–H groups in total. The number of piperidine rings is 1. The van der Waals surface area contributed by atoms with E-state index >= 15 is 0 Å². The SMILES string of the molecule is O=C(O)[C@@]1(Cc2cccc(Cl)c2)CCCN(c2ncnc3[nH]ccc23)C1. The third-order valence-corrected chi connectivity index (χ3v) is 5.33. The van der Waals surface area contributed by atoms with E-state index in [1.165, 1.54) is 6.33 Å². The molecular weight excluding hydrogens is 352 g/mol. The van der Waals surface area contributed by atoms with Crippen molar-refractivity contribution >= 4 is 34.4 Å². The number of carbonyl (C=O) groups is 1. The first-order chi connectivity index (χ1) is 12.6. The van der Waals surface area contributed by atoms with Crippen LogP contribution in [-0.4, -0.2) is 39.1 Å². The molecule has 0 aliphatic carbocycles. The number of H-pyrrole nitrogens is 1. The number of aromatic nitrogens is 3. The molecule has 2 aromatic heterocycles. The number of carboxylic acids is 1. The van der Waals surface area contributed by atoms with Gasteiger partial charge in [0.25, 0.3) is 0 Å². The zero-order valence-corrected chi connectivity index (χ0v) is 14.9. The topological polar surface area (TPSA) is 82.1 Å². The van der Waals surface area contributed by atoms with Crippen LogP contribution in [0.25, 0.3) is 11.0 Å². The normalized spacial score (nSPS) is 20.4. The molecule has 0 spiro atoms. The summed E-state index contributed by atoms with van der Waals surface area (Å²) in [5, 5.41) is 11.6. The van der Waals surface area contributed by atoms with Gasteiger partial charge in [0, 0.05) is 24.3 Å². The van der Waals surface area contributed by atoms with Crippen molar-refractivity contribution in [1.82, 2.24) is 15.0 Å². The molecule has 0 amide bonds. The van der Waals surface area contributed by atoms with E-state index in [4.69, 9.17) is 11.6 Å². The van der Waals surface area contributed by atoms with Gasteiger partial charge < -0.3 is 15.0 Å². The Labute approximate surface area is 155 Å². The van der Waals surface area contributed by atoms with E-state index in [1.54, 1.807) is 6.07 Å². The van der Waals surface area contributed by atoms with Crippen LogP contribution in [0.3, 0.4) is 0 Å². The van der Waals surface area contributed by atoms with Gasteiger partial charge in [-0.2, -0.15) is 0 Å². The molecule has 1 aromatic carbocycles. The molecule has 1 saturated heterocycles. The Hall–Kier alpha value is -2.60. The maximum Gasteiger partial charge on any atom is 0.311 e. The minimum absolute atomic E-state index is 0.409. The summed E-state index contributed by atoms with van der Waals surface area (Å²) >= 11 is 6.09. The van der Waals surface area contributed by atoms with Crippen molar-refractivity contribution in [3.05, 3.63) is 53.4 Å². The second-order valence-corrected chi connectivity index (χ2v) is 7.29. The van der Waals surface area contributed by atoms with Crippen molar-refractivity contribution in [2.24, 2.45) is 5.41 Å². The molecule has 0 saturated carbocycles. The van der Waals surface area contributed by atoms with E-state index in [1.807, 2.05) is 30.5 Å². The standard InChI is InChI=1S/C19H19ClN4O2/c20-14-4-1-3-13(9-14)10-19(18(25)26)6-2-8-24(11-19)17-15-5-7-21-16(15)22-12-23-17/h1,3-5,7,9,12H,2,6,8,10-11H2,(H,25,26)(H,21,22,23)/t19-/m1/s1. The fourth-order valence-electron chi connectivity index (χ4n) is 3.86. The second kappa shape index (κ2) is 6.61. The Bertz CT molecular complexity index is 957. The smallest absolute Gasteiger partial charge is 0.311 e. The van der Waals surface area contributed by atoms with Crippen LogP contribution in [0.4, 0.5) is 5.82 Å². The molecular formula is C19H19ClN4O2. The largest absolute Gasteiger partial charge is 0.481 e. The van der Waals surface area contributed by atoms with E-state index in [2.05, 4.69) is 19.9 Å². The number of hydrogen-bond donors (Lipinski definition) is 2. The highest BCUT2D eigenvalue weighted by Crippen LogP contribution is 2.37. The number of anilines is 1. The predicted octanol–water partition coefficient (Wildman–Crippen LogP) is 3.53. The second-order valence-electron chi connectivity index (χ2n) is 6.85. The molecule has 134 valence electrons. The molecule has 1 aliphatic rings. The number of fused-ring (bicyclic) bond motifs is 1. The van der Waals surface area contributed by atoms with Crippen molar-refractivity contribution in [3.8, 4) is 0 Å². The summed E-state index contributed by atoms with van der Waals surface area (Å²) < 4.78 is 0. The van der Waals surface area contributed by atoms with Crippen LogP contribution < -0.4 is 4.90 Å². The van der Waals surface area contributed by atoms with Crippen molar-refractivity contribution in [1.29, 1.82) is 0 Å². The van der Waals surface area contributed by atoms with Crippen LogP contribution >= 0.6 is 11.6 Å². The number of rotatable bonds is 4. The third kappa shape index (κ3) is 3.01. The maximum absolute atomic E-state index is 12.3. The summed E-state index contributed by atoms with van der Waals surface area (Å²) in [7, 11) is 0. The van der Waals surface area contributed by atoms with E-state index in [-0.39, 0.29) is 0 Å². The first-order valence-corrected chi connectivity index (χ1v) is 8.96. The summed E-state index contributed by atoms with van der Waals surface area (Å²) in [6.07, 6.45) is 5.21. The monoisotopic (exact) mass is 370 g/mol. The number of carboxylic acid groups (broad SMARTS) is 1. The van der Waals surface area contributed by atoms with Crippen molar-refractivity contribution in [2.45, 2.75) is 19.3 Å². The number of benzene rings is 1. The first-order valence-electron chi connectivity index (χ1n) is 8.58. The van der Waals surface area contributed by atoms with E-state index in [0.717, 1.165) is 35.4 Å². The van der Waals surface area contributed by atoms with Crippen LogP contribution in [-0.2, 0) is 11.2 Å². The van der Waals surface area contributed by atoms with Gasteiger partial charge in [0.05, 0.1) is 10.8 Å². The Kier molecular flexibility index (Phi) is 4.28. The molecule has 1 fully saturated rings. The Morgan fingerprint density at radius 2 is 2.23 bits per heavy atom. The molecule has 0 unspecified atom stereocenters. The van der Waals surface area contributed by atoms with Crippen molar-refractivity contribution in [2.75, 3.05) is 18.0 Å². The zero-order chi connectivity index (χ0) is 18.1. The first kappa shape index (κ1) is 16.8. The fraction of sp³-hybridized carbons (Fsp3) is 0.316. The molecule has 3 aromatic rings. The minimum Gasteiger partial charge on any atom is -0.481 e. The van der Waals surface area contributed by atoms with Gasteiger partial charge in [-0.15, -0.1) is 0 Å². The molecule has 6 nitrogen and oxygen atoms in total. The Morgan fingerprint density at radius 1 is 1.35 bits per heavy atom. The summed E-state index contributed by atoms with van der Waals surface area (Å²) in [6.45, 7) is 1.19. The number of hydrogen-bond acceptors (Lipinski definition) is 4. The van der Waals surface area contributed by atoms with Crippen LogP contribution in [0.5, 0.6) is 0 Å². The van der Waals surface area contributed by atoms with Gasteiger partial charge in [0.2, 0.25) is 0 Å². The molecule has 3 heterocycles. The molecule has 0 bridgehead atoms. The summed E-state index contributed by atoms with van der Waals surface area (Å²) in [5.41, 5.74) is 0.837. The van der Waals surface area contributed by atoms with Crippen molar-refractivity contribution in [3.63, 3.8) is 0 Å². The van der Waals surface area contributed by atoms with Crippen molar-refractivity contribution < 1.29 is 9.90 Å². The molecule has 1 atom stereocenters. The summed E-state index contributed by atoms with van der Waals surface area (Å²) in [4.78, 5) is 26.1. The lowest BCUT2D eigenvalue weighted by Gasteiger charge is -2.40. The van der Waals surface area contributed by atoms with Gasteiger partial charge in [0.15, 0.2) is 0 Å². The number of halogens is 1. The minimum atomic E-state index is -0.865. The highest BCUT2D eigenvalue weighted by Gasteiger charge is 2.43. The van der Waals surface area contributed by atoms with E-state index in [9.17, 15) is 9.90 Å².